The molecule has 152 valence electrons. The molecule has 2 aromatic rings. The van der Waals surface area contributed by atoms with Gasteiger partial charge in [-0.3, -0.25) is 9.59 Å². The fourth-order valence-corrected chi connectivity index (χ4v) is 4.52. The fraction of sp³-hybridized carbons (Fsp3) is 0.364. The molecule has 0 aliphatic carbocycles. The summed E-state index contributed by atoms with van der Waals surface area (Å²) in [5.74, 6) is -0.210. The SMILES string of the molecule is Cc1[nH]c(C=C2C(=O)Nc3ccc(Br)cc32)c(C)c1C(=O)NCCC1CCCN1. The van der Waals surface area contributed by atoms with Crippen molar-refractivity contribution < 1.29 is 9.59 Å². The molecule has 6 nitrogen and oxygen atoms in total. The zero-order chi connectivity index (χ0) is 20.5. The van der Waals surface area contributed by atoms with E-state index in [2.05, 4.69) is 36.9 Å². The van der Waals surface area contributed by atoms with Crippen LogP contribution >= 0.6 is 15.9 Å². The van der Waals surface area contributed by atoms with Crippen LogP contribution in [0, 0.1) is 13.8 Å². The maximum atomic E-state index is 12.8. The highest BCUT2D eigenvalue weighted by molar-refractivity contribution is 9.10. The molecular weight excluding hydrogens is 432 g/mol. The van der Waals surface area contributed by atoms with Gasteiger partial charge in [-0.2, -0.15) is 0 Å². The highest BCUT2D eigenvalue weighted by Gasteiger charge is 2.26. The number of rotatable bonds is 5. The third-order valence-corrected chi connectivity index (χ3v) is 6.19. The van der Waals surface area contributed by atoms with Crippen LogP contribution in [0.5, 0.6) is 0 Å². The van der Waals surface area contributed by atoms with Gasteiger partial charge < -0.3 is 20.9 Å². The molecule has 0 bridgehead atoms. The van der Waals surface area contributed by atoms with E-state index in [9.17, 15) is 9.59 Å². The maximum Gasteiger partial charge on any atom is 0.256 e. The van der Waals surface area contributed by atoms with E-state index in [1.54, 1.807) is 0 Å². The number of carbonyl (C=O) groups is 2. The summed E-state index contributed by atoms with van der Waals surface area (Å²) in [5.41, 5.74) is 5.33. The molecule has 1 saturated heterocycles. The largest absolute Gasteiger partial charge is 0.358 e. The minimum absolute atomic E-state index is 0.0714. The van der Waals surface area contributed by atoms with Gasteiger partial charge in [0.15, 0.2) is 0 Å². The van der Waals surface area contributed by atoms with Gasteiger partial charge in [0, 0.05) is 39.7 Å². The van der Waals surface area contributed by atoms with Crippen LogP contribution in [0.25, 0.3) is 11.6 Å². The third-order valence-electron chi connectivity index (χ3n) is 5.70. The van der Waals surface area contributed by atoms with Gasteiger partial charge in [-0.05, 0) is 69.5 Å². The summed E-state index contributed by atoms with van der Waals surface area (Å²) in [6.07, 6.45) is 5.15. The van der Waals surface area contributed by atoms with Crippen molar-refractivity contribution in [3.8, 4) is 0 Å². The molecule has 0 radical (unpaired) electrons. The van der Waals surface area contributed by atoms with Crippen LogP contribution in [-0.2, 0) is 4.79 Å². The lowest BCUT2D eigenvalue weighted by molar-refractivity contribution is -0.110. The van der Waals surface area contributed by atoms with Crippen molar-refractivity contribution in [1.82, 2.24) is 15.6 Å². The molecule has 7 heteroatoms. The van der Waals surface area contributed by atoms with Gasteiger partial charge in [0.1, 0.15) is 0 Å². The van der Waals surface area contributed by atoms with Gasteiger partial charge in [0.05, 0.1) is 11.1 Å². The molecule has 1 fully saturated rings. The molecular formula is C22H25BrN4O2. The molecule has 3 heterocycles. The lowest BCUT2D eigenvalue weighted by atomic mass is 10.0. The van der Waals surface area contributed by atoms with Crippen LogP contribution in [0.2, 0.25) is 0 Å². The summed E-state index contributed by atoms with van der Waals surface area (Å²) >= 11 is 3.46. The molecule has 0 spiro atoms. The lowest BCUT2D eigenvalue weighted by Crippen LogP contribution is -2.31. The third kappa shape index (κ3) is 4.02. The van der Waals surface area contributed by atoms with E-state index >= 15 is 0 Å². The summed E-state index contributed by atoms with van der Waals surface area (Å²) in [5, 5.41) is 9.37. The van der Waals surface area contributed by atoms with Gasteiger partial charge in [0.25, 0.3) is 11.8 Å². The predicted molar refractivity (Wildman–Crippen MR) is 119 cm³/mol. The highest BCUT2D eigenvalue weighted by Crippen LogP contribution is 2.35. The number of aromatic nitrogens is 1. The second-order valence-corrected chi connectivity index (χ2v) is 8.62. The van der Waals surface area contributed by atoms with Gasteiger partial charge in [-0.1, -0.05) is 15.9 Å². The maximum absolute atomic E-state index is 12.8. The monoisotopic (exact) mass is 456 g/mol. The molecule has 4 rings (SSSR count). The zero-order valence-corrected chi connectivity index (χ0v) is 18.2. The van der Waals surface area contributed by atoms with Gasteiger partial charge in [-0.15, -0.1) is 0 Å². The zero-order valence-electron chi connectivity index (χ0n) is 16.6. The minimum atomic E-state index is -0.139. The molecule has 2 aliphatic heterocycles. The molecule has 2 amide bonds. The number of hydrogen-bond donors (Lipinski definition) is 4. The number of amides is 2. The first-order chi connectivity index (χ1) is 13.9. The molecule has 0 saturated carbocycles. The smallest absolute Gasteiger partial charge is 0.256 e. The Balaban J connectivity index is 1.54. The average Bonchev–Trinajstić information content (AvgIpc) is 3.36. The molecule has 2 aliphatic rings. The summed E-state index contributed by atoms with van der Waals surface area (Å²) < 4.78 is 0.912. The van der Waals surface area contributed by atoms with Crippen molar-refractivity contribution in [2.75, 3.05) is 18.4 Å². The van der Waals surface area contributed by atoms with Crippen LogP contribution in [0.4, 0.5) is 5.69 Å². The Hall–Kier alpha value is -2.38. The topological polar surface area (TPSA) is 86.0 Å². The number of hydrogen-bond acceptors (Lipinski definition) is 3. The average molecular weight is 457 g/mol. The summed E-state index contributed by atoms with van der Waals surface area (Å²) in [4.78, 5) is 28.5. The Labute approximate surface area is 178 Å². The van der Waals surface area contributed by atoms with Crippen LogP contribution in [-0.4, -0.2) is 35.9 Å². The van der Waals surface area contributed by atoms with Crippen LogP contribution in [0.15, 0.2) is 22.7 Å². The van der Waals surface area contributed by atoms with Crippen molar-refractivity contribution in [3.63, 3.8) is 0 Å². The van der Waals surface area contributed by atoms with E-state index in [-0.39, 0.29) is 11.8 Å². The number of carbonyl (C=O) groups excluding carboxylic acids is 2. The Morgan fingerprint density at radius 3 is 2.93 bits per heavy atom. The van der Waals surface area contributed by atoms with E-state index in [4.69, 9.17) is 0 Å². The Morgan fingerprint density at radius 1 is 1.34 bits per heavy atom. The Morgan fingerprint density at radius 2 is 2.17 bits per heavy atom. The first kappa shape index (κ1) is 19.9. The number of fused-ring (bicyclic) bond motifs is 1. The lowest BCUT2D eigenvalue weighted by Gasteiger charge is -2.11. The quantitative estimate of drug-likeness (QED) is 0.516. The normalized spacial score (nSPS) is 19.5. The number of anilines is 1. The molecule has 4 N–H and O–H groups in total. The van der Waals surface area contributed by atoms with Crippen LogP contribution in [0.1, 0.15) is 52.1 Å². The first-order valence-electron chi connectivity index (χ1n) is 9.97. The van der Waals surface area contributed by atoms with Crippen molar-refractivity contribution in [2.45, 2.75) is 39.2 Å². The predicted octanol–water partition coefficient (Wildman–Crippen LogP) is 3.76. The van der Waals surface area contributed by atoms with Crippen molar-refractivity contribution in [1.29, 1.82) is 0 Å². The second kappa shape index (κ2) is 8.16. The van der Waals surface area contributed by atoms with Crippen LogP contribution in [0.3, 0.4) is 0 Å². The summed E-state index contributed by atoms with van der Waals surface area (Å²) in [6.45, 7) is 5.53. The molecule has 1 aromatic carbocycles. The van der Waals surface area contributed by atoms with Crippen molar-refractivity contribution in [2.24, 2.45) is 0 Å². The molecule has 1 unspecified atom stereocenters. The standard InChI is InChI=1S/C22H25BrN4O2/c1-12-19(11-17-16-10-14(23)5-6-18(16)27-21(17)28)26-13(2)20(12)22(29)25-9-7-15-4-3-8-24-15/h5-6,10-11,15,24,26H,3-4,7-9H2,1-2H3,(H,25,29)(H,27,28). The summed E-state index contributed by atoms with van der Waals surface area (Å²) in [7, 11) is 0. The summed E-state index contributed by atoms with van der Waals surface area (Å²) in [6, 6.07) is 6.21. The van der Waals surface area contributed by atoms with E-state index in [0.717, 1.165) is 45.6 Å². The molecule has 1 aromatic heterocycles. The number of halogens is 1. The molecule has 29 heavy (non-hydrogen) atoms. The fourth-order valence-electron chi connectivity index (χ4n) is 4.16. The van der Waals surface area contributed by atoms with E-state index < -0.39 is 0 Å². The number of nitrogens with one attached hydrogen (secondary N) is 4. The Bertz CT molecular complexity index is 1000. The van der Waals surface area contributed by atoms with E-state index in [0.29, 0.717) is 23.7 Å². The minimum Gasteiger partial charge on any atom is -0.358 e. The van der Waals surface area contributed by atoms with E-state index in [1.807, 2.05) is 38.1 Å². The second-order valence-electron chi connectivity index (χ2n) is 7.70. The first-order valence-corrected chi connectivity index (χ1v) is 10.8. The van der Waals surface area contributed by atoms with Gasteiger partial charge in [0.2, 0.25) is 0 Å². The molecule has 1 atom stereocenters. The Kier molecular flexibility index (Phi) is 5.61. The number of benzene rings is 1. The number of aryl methyl sites for hydroxylation is 1. The van der Waals surface area contributed by atoms with Crippen molar-refractivity contribution >= 4 is 45.1 Å². The van der Waals surface area contributed by atoms with Crippen LogP contribution < -0.4 is 16.0 Å². The van der Waals surface area contributed by atoms with Crippen molar-refractivity contribution in [3.05, 3.63) is 50.8 Å². The van der Waals surface area contributed by atoms with Gasteiger partial charge in [-0.25, -0.2) is 0 Å². The number of aromatic amines is 1. The number of H-pyrrole nitrogens is 1. The van der Waals surface area contributed by atoms with Gasteiger partial charge >= 0.3 is 0 Å². The highest BCUT2D eigenvalue weighted by atomic mass is 79.9. The van der Waals surface area contributed by atoms with E-state index in [1.165, 1.54) is 12.8 Å².